The number of para-hydroxylation sites is 1. The van der Waals surface area contributed by atoms with Crippen molar-refractivity contribution in [2.75, 3.05) is 33.3 Å². The number of aromatic nitrogens is 2. The summed E-state index contributed by atoms with van der Waals surface area (Å²) in [4.78, 5) is 42.0. The second-order valence-corrected chi connectivity index (χ2v) is 12.7. The molecule has 16 nitrogen and oxygen atoms in total. The number of rotatable bonds is 15. The van der Waals surface area contributed by atoms with E-state index in [-0.39, 0.29) is 34.4 Å². The molecule has 1 aromatic heterocycles. The van der Waals surface area contributed by atoms with E-state index < -0.39 is 68.4 Å². The largest absolute Gasteiger partial charge is 0.493 e. The Balaban J connectivity index is 1.51. The van der Waals surface area contributed by atoms with Crippen LogP contribution in [-0.4, -0.2) is 84.7 Å². The Kier molecular flexibility index (Phi) is 12.2. The molecular formula is C31H37F2N4O12P. The van der Waals surface area contributed by atoms with E-state index in [0.717, 1.165) is 12.3 Å². The smallest absolute Gasteiger partial charge is 0.459 e. The van der Waals surface area contributed by atoms with Crippen molar-refractivity contribution in [2.24, 2.45) is 0 Å². The number of carbonyl (C=O) groups excluding carboxylic acids is 2. The van der Waals surface area contributed by atoms with Crippen LogP contribution >= 0.6 is 7.75 Å². The first-order valence-corrected chi connectivity index (χ1v) is 16.6. The zero-order valence-corrected chi connectivity index (χ0v) is 28.7. The fraction of sp³-hybridized carbons (Fsp3) is 0.419. The summed E-state index contributed by atoms with van der Waals surface area (Å²) in [5.41, 5.74) is -1.28. The molecule has 50 heavy (non-hydrogen) atoms. The van der Waals surface area contributed by atoms with Gasteiger partial charge >= 0.3 is 25.3 Å². The lowest BCUT2D eigenvalue weighted by atomic mass is 10.1. The van der Waals surface area contributed by atoms with Crippen molar-refractivity contribution in [3.63, 3.8) is 0 Å². The molecule has 1 amide bonds. The number of anilines is 1. The molecule has 3 aromatic rings. The minimum atomic E-state index is -4.51. The Hall–Kier alpha value is -4.61. The summed E-state index contributed by atoms with van der Waals surface area (Å²) in [5, 5.41) is 15.3. The quantitative estimate of drug-likeness (QED) is 0.152. The fourth-order valence-corrected chi connectivity index (χ4v) is 6.24. The monoisotopic (exact) mass is 726 g/mol. The van der Waals surface area contributed by atoms with Crippen molar-refractivity contribution < 1.29 is 60.8 Å². The normalized spacial score (nSPS) is 20.0. The number of nitrogens with zero attached hydrogens (tertiary/aromatic N) is 2. The third kappa shape index (κ3) is 8.57. The Labute approximate surface area is 285 Å². The van der Waals surface area contributed by atoms with E-state index in [4.69, 9.17) is 32.7 Å². The van der Waals surface area contributed by atoms with Crippen LogP contribution in [0.5, 0.6) is 23.0 Å². The van der Waals surface area contributed by atoms with E-state index in [2.05, 4.69) is 15.4 Å². The summed E-state index contributed by atoms with van der Waals surface area (Å²) in [7, 11) is -0.464. The molecule has 0 radical (unpaired) electrons. The molecular weight excluding hydrogens is 689 g/mol. The van der Waals surface area contributed by atoms with Crippen molar-refractivity contribution in [2.45, 2.75) is 57.3 Å². The van der Waals surface area contributed by atoms with Crippen LogP contribution in [0.15, 0.2) is 59.5 Å². The Morgan fingerprint density at radius 3 is 2.32 bits per heavy atom. The fourth-order valence-electron chi connectivity index (χ4n) is 4.74. The van der Waals surface area contributed by atoms with Gasteiger partial charge in [-0.1, -0.05) is 18.2 Å². The highest BCUT2D eigenvalue weighted by atomic mass is 31.2. The van der Waals surface area contributed by atoms with Crippen LogP contribution in [0, 0.1) is 0 Å². The predicted octanol–water partition coefficient (Wildman–Crippen LogP) is 3.55. The summed E-state index contributed by atoms with van der Waals surface area (Å²) in [6.07, 6.45) is -6.38. The molecule has 3 N–H and O–H groups in total. The third-order valence-electron chi connectivity index (χ3n) is 7.09. The summed E-state index contributed by atoms with van der Waals surface area (Å²) >= 11 is 0. The van der Waals surface area contributed by atoms with E-state index in [1.165, 1.54) is 52.5 Å². The zero-order chi connectivity index (χ0) is 36.8. The molecule has 272 valence electrons. The molecule has 1 aliphatic heterocycles. The summed E-state index contributed by atoms with van der Waals surface area (Å²) in [6, 6.07) is 10.3. The summed E-state index contributed by atoms with van der Waals surface area (Å²) < 4.78 is 82.0. The minimum absolute atomic E-state index is 0.0121. The topological polar surface area (TPSA) is 195 Å². The van der Waals surface area contributed by atoms with Crippen LogP contribution in [0.25, 0.3) is 0 Å². The second-order valence-electron chi connectivity index (χ2n) is 11.0. The number of halogens is 2. The number of alkyl halides is 2. The molecule has 1 aliphatic rings. The highest BCUT2D eigenvalue weighted by Gasteiger charge is 2.60. The number of aliphatic hydroxyl groups excluding tert-OH is 1. The number of aliphatic hydroxyl groups is 1. The number of benzene rings is 2. The van der Waals surface area contributed by atoms with Crippen molar-refractivity contribution in [1.29, 1.82) is 0 Å². The van der Waals surface area contributed by atoms with Crippen molar-refractivity contribution >= 4 is 25.4 Å². The van der Waals surface area contributed by atoms with Crippen LogP contribution in [0.2, 0.25) is 0 Å². The van der Waals surface area contributed by atoms with Gasteiger partial charge < -0.3 is 38.6 Å². The molecule has 0 bridgehead atoms. The Morgan fingerprint density at radius 1 is 1.04 bits per heavy atom. The lowest BCUT2D eigenvalue weighted by Crippen LogP contribution is -2.42. The number of methoxy groups -OCH3 is 3. The van der Waals surface area contributed by atoms with Crippen LogP contribution in [0.3, 0.4) is 0 Å². The maximum absolute atomic E-state index is 15.4. The predicted molar refractivity (Wildman–Crippen MR) is 172 cm³/mol. The molecule has 2 unspecified atom stereocenters. The number of amides is 1. The molecule has 2 heterocycles. The van der Waals surface area contributed by atoms with Gasteiger partial charge in [0, 0.05) is 6.20 Å². The maximum Gasteiger partial charge on any atom is 0.459 e. The van der Waals surface area contributed by atoms with Gasteiger partial charge in [-0.25, -0.2) is 9.36 Å². The molecule has 1 fully saturated rings. The standard InChI is InChI=1S/C31H37F2N4O12P/c1-17(2)47-28(40)18(3)36-50(42,49-19-10-8-7-9-11-19)46-16-22-26(38)31(32,33)29(48-22)37-15-14-23(35-30(37)41)34-27(39)20-12-13-21(43-4)25(45-6)24(20)44-5/h7-15,17-18,22,26,29,38H,16H2,1-6H3,(H,36,42)(H,34,35,39,41)/t18-,22-,26-,29?,50?/m1/s1. The molecule has 19 heteroatoms. The summed E-state index contributed by atoms with van der Waals surface area (Å²) in [6.45, 7) is 3.62. The van der Waals surface area contributed by atoms with Gasteiger partial charge in [-0.3, -0.25) is 18.7 Å². The first-order valence-electron chi connectivity index (χ1n) is 15.0. The SMILES string of the molecule is COc1ccc(C(=O)Nc2ccn(C3O[C@H](COP(=O)(N[C@H](C)C(=O)OC(C)C)Oc4ccccc4)[C@@H](O)C3(F)F)c(=O)n2)c(OC)c1OC. The first-order chi connectivity index (χ1) is 23.6. The van der Waals surface area contributed by atoms with E-state index in [1.54, 1.807) is 32.0 Å². The van der Waals surface area contributed by atoms with E-state index >= 15 is 8.78 Å². The number of nitrogens with one attached hydrogen (secondary N) is 2. The Morgan fingerprint density at radius 2 is 1.72 bits per heavy atom. The first kappa shape index (κ1) is 38.2. The third-order valence-corrected chi connectivity index (χ3v) is 8.73. The Bertz CT molecular complexity index is 1780. The molecule has 5 atom stereocenters. The molecule has 0 saturated carbocycles. The van der Waals surface area contributed by atoms with E-state index in [1.807, 2.05) is 0 Å². The number of ether oxygens (including phenoxy) is 5. The second kappa shape index (κ2) is 15.9. The van der Waals surface area contributed by atoms with Crippen LogP contribution in [0.4, 0.5) is 14.6 Å². The number of hydrogen-bond donors (Lipinski definition) is 3. The van der Waals surface area contributed by atoms with Gasteiger partial charge in [0.1, 0.15) is 23.7 Å². The summed E-state index contributed by atoms with van der Waals surface area (Å²) in [5.74, 6) is -5.45. The van der Waals surface area contributed by atoms with E-state index in [0.29, 0.717) is 4.57 Å². The van der Waals surface area contributed by atoms with Gasteiger partial charge in [0.2, 0.25) is 12.0 Å². The minimum Gasteiger partial charge on any atom is -0.493 e. The highest BCUT2D eigenvalue weighted by molar-refractivity contribution is 7.52. The van der Waals surface area contributed by atoms with Gasteiger partial charge in [0.25, 0.3) is 5.91 Å². The van der Waals surface area contributed by atoms with Gasteiger partial charge in [-0.2, -0.15) is 18.9 Å². The van der Waals surface area contributed by atoms with Crippen LogP contribution in [0.1, 0.15) is 37.4 Å². The van der Waals surface area contributed by atoms with Gasteiger partial charge in [-0.15, -0.1) is 0 Å². The van der Waals surface area contributed by atoms with Crippen LogP contribution < -0.4 is 34.8 Å². The lowest BCUT2D eigenvalue weighted by Gasteiger charge is -2.25. The van der Waals surface area contributed by atoms with Crippen molar-refractivity contribution in [3.05, 3.63) is 70.8 Å². The average Bonchev–Trinajstić information content (AvgIpc) is 3.30. The molecule has 4 rings (SSSR count). The molecule has 1 saturated heterocycles. The van der Waals surface area contributed by atoms with Crippen molar-refractivity contribution in [1.82, 2.24) is 14.6 Å². The lowest BCUT2D eigenvalue weighted by molar-refractivity contribution is -0.149. The zero-order valence-electron chi connectivity index (χ0n) is 27.8. The highest BCUT2D eigenvalue weighted by Crippen LogP contribution is 2.48. The number of esters is 1. The average molecular weight is 727 g/mol. The van der Waals surface area contributed by atoms with E-state index in [9.17, 15) is 24.1 Å². The van der Waals surface area contributed by atoms with Gasteiger partial charge in [0.15, 0.2) is 17.6 Å². The maximum atomic E-state index is 15.4. The molecule has 2 aromatic carbocycles. The number of hydrogen-bond acceptors (Lipinski definition) is 13. The van der Waals surface area contributed by atoms with Crippen molar-refractivity contribution in [3.8, 4) is 23.0 Å². The van der Waals surface area contributed by atoms with Crippen LogP contribution in [-0.2, 0) is 23.4 Å². The van der Waals surface area contributed by atoms with Gasteiger partial charge in [0.05, 0.1) is 39.6 Å². The van der Waals surface area contributed by atoms with Gasteiger partial charge in [-0.05, 0) is 51.1 Å². The molecule has 0 spiro atoms. The molecule has 0 aliphatic carbocycles. The number of carbonyl (C=O) groups is 2.